The number of aliphatic hydroxyl groups excluding tert-OH is 1. The summed E-state index contributed by atoms with van der Waals surface area (Å²) in [5, 5.41) is 11.4. The molecular formula is C29H46F3NO3. The highest BCUT2D eigenvalue weighted by atomic mass is 19.4. The molecule has 4 aliphatic rings. The van der Waals surface area contributed by atoms with Crippen LogP contribution in [0.25, 0.3) is 0 Å². The number of alkyl halides is 3. The molecule has 0 spiro atoms. The van der Waals surface area contributed by atoms with Crippen LogP contribution in [0.1, 0.15) is 97.8 Å². The molecule has 1 amide bonds. The number of carbonyl (C=O) groups is 1. The molecule has 0 radical (unpaired) electrons. The Morgan fingerprint density at radius 3 is 2.67 bits per heavy atom. The minimum absolute atomic E-state index is 0.101. The molecular weight excluding hydrogens is 467 g/mol. The first kappa shape index (κ1) is 27.9. The Balaban J connectivity index is 1.31. The first-order chi connectivity index (χ1) is 16.8. The van der Waals surface area contributed by atoms with E-state index in [1.54, 1.807) is 0 Å². The summed E-state index contributed by atoms with van der Waals surface area (Å²) in [6.45, 7) is 7.15. The van der Waals surface area contributed by atoms with Gasteiger partial charge in [0.1, 0.15) is 0 Å². The second-order valence-corrected chi connectivity index (χ2v) is 12.8. The molecule has 7 heteroatoms. The van der Waals surface area contributed by atoms with Crippen molar-refractivity contribution in [3.05, 3.63) is 11.6 Å². The third-order valence-corrected chi connectivity index (χ3v) is 10.9. The predicted molar refractivity (Wildman–Crippen MR) is 134 cm³/mol. The van der Waals surface area contributed by atoms with Gasteiger partial charge in [-0.25, -0.2) is 5.06 Å². The fourth-order valence-electron chi connectivity index (χ4n) is 8.87. The molecule has 0 aliphatic heterocycles. The molecule has 0 aromatic carbocycles. The summed E-state index contributed by atoms with van der Waals surface area (Å²) >= 11 is 0. The summed E-state index contributed by atoms with van der Waals surface area (Å²) in [4.78, 5) is 17.8. The lowest BCUT2D eigenvalue weighted by molar-refractivity contribution is -0.183. The molecule has 0 aromatic rings. The van der Waals surface area contributed by atoms with Crippen molar-refractivity contribution in [3.63, 3.8) is 0 Å². The fourth-order valence-corrected chi connectivity index (χ4v) is 8.87. The highest BCUT2D eigenvalue weighted by Crippen LogP contribution is 2.67. The fraction of sp³-hybridized carbons (Fsp3) is 0.897. The van der Waals surface area contributed by atoms with Gasteiger partial charge in [0.05, 0.1) is 12.7 Å². The van der Waals surface area contributed by atoms with E-state index >= 15 is 0 Å². The van der Waals surface area contributed by atoms with Crippen LogP contribution in [0.3, 0.4) is 0 Å². The monoisotopic (exact) mass is 513 g/mol. The maximum absolute atomic E-state index is 12.6. The topological polar surface area (TPSA) is 49.8 Å². The summed E-state index contributed by atoms with van der Waals surface area (Å²) in [6.07, 6.45) is 7.28. The lowest BCUT2D eigenvalue weighted by Crippen LogP contribution is -2.50. The van der Waals surface area contributed by atoms with E-state index < -0.39 is 12.6 Å². The molecule has 36 heavy (non-hydrogen) atoms. The van der Waals surface area contributed by atoms with Crippen LogP contribution in [0.5, 0.6) is 0 Å². The number of fused-ring (bicyclic) bond motifs is 5. The number of hydrogen-bond acceptors (Lipinski definition) is 3. The van der Waals surface area contributed by atoms with Gasteiger partial charge in [-0.15, -0.1) is 0 Å². The number of nitrogens with zero attached hydrogens (tertiary/aromatic N) is 1. The normalized spacial score (nSPS) is 39.0. The summed E-state index contributed by atoms with van der Waals surface area (Å²) < 4.78 is 36.9. The van der Waals surface area contributed by atoms with Crippen molar-refractivity contribution in [2.75, 3.05) is 13.7 Å². The van der Waals surface area contributed by atoms with E-state index in [0.717, 1.165) is 54.9 Å². The van der Waals surface area contributed by atoms with Gasteiger partial charge in [0, 0.05) is 19.9 Å². The Hall–Kier alpha value is -1.08. The smallest absolute Gasteiger partial charge is 0.389 e. The van der Waals surface area contributed by atoms with Crippen molar-refractivity contribution in [3.8, 4) is 0 Å². The third-order valence-electron chi connectivity index (χ3n) is 10.9. The number of hydroxylamine groups is 2. The molecule has 4 nitrogen and oxygen atoms in total. The molecule has 0 heterocycles. The van der Waals surface area contributed by atoms with Crippen LogP contribution >= 0.6 is 0 Å². The SMILES string of the molecule is C[C@H](CCC(=O)N(C)OCCCC(F)(F)F)[C@H]1CC[C@H]2[C@@H]3CC=C4C[C@@H](O)CC[C@]4(C)[C@H]3CC[C@]12C. The van der Waals surface area contributed by atoms with Crippen molar-refractivity contribution in [1.82, 2.24) is 5.06 Å². The van der Waals surface area contributed by atoms with Gasteiger partial charge < -0.3 is 5.11 Å². The molecule has 0 unspecified atom stereocenters. The van der Waals surface area contributed by atoms with Gasteiger partial charge in [-0.1, -0.05) is 32.4 Å². The van der Waals surface area contributed by atoms with Gasteiger partial charge in [-0.2, -0.15) is 13.2 Å². The van der Waals surface area contributed by atoms with Crippen LogP contribution in [-0.4, -0.2) is 42.0 Å². The maximum Gasteiger partial charge on any atom is 0.389 e. The zero-order chi connectivity index (χ0) is 26.3. The van der Waals surface area contributed by atoms with E-state index in [1.807, 2.05) is 0 Å². The lowest BCUT2D eigenvalue weighted by Gasteiger charge is -2.58. The third kappa shape index (κ3) is 5.52. The molecule has 4 aliphatic carbocycles. The van der Waals surface area contributed by atoms with Crippen LogP contribution in [0.15, 0.2) is 11.6 Å². The summed E-state index contributed by atoms with van der Waals surface area (Å²) in [6, 6.07) is 0. The van der Waals surface area contributed by atoms with Gasteiger partial charge in [-0.3, -0.25) is 9.63 Å². The van der Waals surface area contributed by atoms with Gasteiger partial charge in [-0.05, 0) is 105 Å². The number of aliphatic hydroxyl groups is 1. The number of hydrogen-bond donors (Lipinski definition) is 1. The number of carbonyl (C=O) groups excluding carboxylic acids is 1. The Morgan fingerprint density at radius 2 is 1.94 bits per heavy atom. The number of amides is 1. The minimum Gasteiger partial charge on any atom is -0.393 e. The van der Waals surface area contributed by atoms with Crippen LogP contribution in [0, 0.1) is 40.4 Å². The molecule has 206 valence electrons. The highest BCUT2D eigenvalue weighted by molar-refractivity contribution is 5.74. The van der Waals surface area contributed by atoms with E-state index in [0.29, 0.717) is 23.7 Å². The van der Waals surface area contributed by atoms with E-state index in [-0.39, 0.29) is 30.5 Å². The van der Waals surface area contributed by atoms with Gasteiger partial charge >= 0.3 is 6.18 Å². The Morgan fingerprint density at radius 1 is 1.19 bits per heavy atom. The molecule has 0 aromatic heterocycles. The van der Waals surface area contributed by atoms with Crippen molar-refractivity contribution >= 4 is 5.91 Å². The van der Waals surface area contributed by atoms with Gasteiger partial charge in [0.15, 0.2) is 0 Å². The minimum atomic E-state index is -4.19. The van der Waals surface area contributed by atoms with E-state index in [1.165, 1.54) is 38.3 Å². The Labute approximate surface area is 215 Å². The van der Waals surface area contributed by atoms with Crippen molar-refractivity contribution in [2.24, 2.45) is 40.4 Å². The predicted octanol–water partition coefficient (Wildman–Crippen LogP) is 7.08. The van der Waals surface area contributed by atoms with Crippen LogP contribution in [-0.2, 0) is 9.63 Å². The second-order valence-electron chi connectivity index (χ2n) is 12.8. The molecule has 3 saturated carbocycles. The Kier molecular flexibility index (Phi) is 8.22. The first-order valence-corrected chi connectivity index (χ1v) is 14.2. The van der Waals surface area contributed by atoms with E-state index in [9.17, 15) is 23.1 Å². The van der Waals surface area contributed by atoms with Crippen LogP contribution in [0.2, 0.25) is 0 Å². The van der Waals surface area contributed by atoms with Crippen molar-refractivity contribution in [1.29, 1.82) is 0 Å². The quantitative estimate of drug-likeness (QED) is 0.214. The highest BCUT2D eigenvalue weighted by Gasteiger charge is 2.59. The maximum atomic E-state index is 12.6. The van der Waals surface area contributed by atoms with E-state index in [2.05, 4.69) is 26.8 Å². The van der Waals surface area contributed by atoms with Crippen molar-refractivity contribution < 1.29 is 27.9 Å². The number of halogens is 3. The molecule has 3 fully saturated rings. The summed E-state index contributed by atoms with van der Waals surface area (Å²) in [5.41, 5.74) is 2.07. The van der Waals surface area contributed by atoms with Gasteiger partial charge in [0.2, 0.25) is 5.91 Å². The molecule has 0 saturated heterocycles. The summed E-state index contributed by atoms with van der Waals surface area (Å²) in [5.74, 6) is 3.04. The van der Waals surface area contributed by atoms with Gasteiger partial charge in [0.25, 0.3) is 0 Å². The molecule has 0 bridgehead atoms. The zero-order valence-corrected chi connectivity index (χ0v) is 22.6. The average molecular weight is 514 g/mol. The summed E-state index contributed by atoms with van der Waals surface area (Å²) in [7, 11) is 1.50. The standard InChI is InChI=1S/C29H46F3NO3/c1-19(6-11-26(35)33(4)36-17-5-14-29(30,31)32)23-9-10-24-22-8-7-20-18-21(34)12-15-27(20,2)25(22)13-16-28(23,24)3/h7,19,21-25,34H,5-6,8-18H2,1-4H3/t19-,21+,22+,23-,24+,25+,27+,28-/m1/s1. The number of rotatable bonds is 8. The molecule has 4 rings (SSSR count). The number of allylic oxidation sites excluding steroid dienone is 1. The van der Waals surface area contributed by atoms with Crippen molar-refractivity contribution in [2.45, 2.75) is 110 Å². The average Bonchev–Trinajstić information content (AvgIpc) is 3.17. The zero-order valence-electron chi connectivity index (χ0n) is 22.6. The second kappa shape index (κ2) is 10.6. The van der Waals surface area contributed by atoms with E-state index in [4.69, 9.17) is 4.84 Å². The largest absolute Gasteiger partial charge is 0.393 e. The lowest BCUT2D eigenvalue weighted by atomic mass is 9.47. The molecule has 1 N–H and O–H groups in total. The van der Waals surface area contributed by atoms with Crippen LogP contribution < -0.4 is 0 Å². The Bertz CT molecular complexity index is 829. The molecule has 8 atom stereocenters. The van der Waals surface area contributed by atoms with Crippen LogP contribution in [0.4, 0.5) is 13.2 Å². The first-order valence-electron chi connectivity index (χ1n) is 14.2.